The number of thiazole rings is 1. The molecule has 1 unspecified atom stereocenters. The van der Waals surface area contributed by atoms with Crippen LogP contribution in [0.2, 0.25) is 0 Å². The van der Waals surface area contributed by atoms with Crippen molar-refractivity contribution in [2.24, 2.45) is 0 Å². The molecule has 1 atom stereocenters. The summed E-state index contributed by atoms with van der Waals surface area (Å²) in [4.78, 5) is 31.4. The Labute approximate surface area is 258 Å². The number of amides is 1. The third kappa shape index (κ3) is 7.04. The Hall–Kier alpha value is -5.22. The van der Waals surface area contributed by atoms with Gasteiger partial charge in [-0.05, 0) is 53.6 Å². The molecule has 0 fully saturated rings. The molecule has 1 heterocycles. The van der Waals surface area contributed by atoms with Crippen molar-refractivity contribution in [3.63, 3.8) is 0 Å². The number of methoxy groups -OCH3 is 2. The average Bonchev–Trinajstić information content (AvgIpc) is 3.54. The van der Waals surface area contributed by atoms with Crippen molar-refractivity contribution in [3.05, 3.63) is 125 Å². The van der Waals surface area contributed by atoms with E-state index < -0.39 is 23.7 Å². The van der Waals surface area contributed by atoms with Gasteiger partial charge in [-0.15, -0.1) is 11.3 Å². The number of aliphatic carboxylic acids is 1. The maximum Gasteiger partial charge on any atom is 0.326 e. The number of ether oxygens (including phenoxy) is 2. The Balaban J connectivity index is 1.38. The Morgan fingerprint density at radius 3 is 2.34 bits per heavy atom. The van der Waals surface area contributed by atoms with Gasteiger partial charge in [-0.25, -0.2) is 14.2 Å². The van der Waals surface area contributed by atoms with Crippen LogP contribution in [0.4, 0.5) is 15.2 Å². The fourth-order valence-corrected chi connectivity index (χ4v) is 5.53. The summed E-state index contributed by atoms with van der Waals surface area (Å²) in [5.74, 6) is -0.739. The van der Waals surface area contributed by atoms with Crippen molar-refractivity contribution in [1.82, 2.24) is 10.3 Å². The highest BCUT2D eigenvalue weighted by molar-refractivity contribution is 7.14. The molecule has 0 saturated heterocycles. The van der Waals surface area contributed by atoms with E-state index in [1.165, 1.54) is 17.4 Å². The van der Waals surface area contributed by atoms with Crippen molar-refractivity contribution in [2.45, 2.75) is 19.0 Å². The zero-order valence-corrected chi connectivity index (χ0v) is 24.9. The molecule has 4 aromatic carbocycles. The molecule has 10 heteroatoms. The number of aromatic nitrogens is 1. The molecule has 0 aliphatic rings. The summed E-state index contributed by atoms with van der Waals surface area (Å²) in [6, 6.07) is 26.7. The molecule has 0 saturated carbocycles. The molecule has 0 aliphatic carbocycles. The number of anilines is 2. The summed E-state index contributed by atoms with van der Waals surface area (Å²) in [6.45, 7) is 0.261. The van der Waals surface area contributed by atoms with Crippen LogP contribution < -0.4 is 19.7 Å². The van der Waals surface area contributed by atoms with Crippen LogP contribution in [-0.2, 0) is 17.8 Å². The number of hydrogen-bond donors (Lipinski definition) is 2. The molecular formula is C34H30FN3O5S. The predicted octanol–water partition coefficient (Wildman–Crippen LogP) is 6.73. The van der Waals surface area contributed by atoms with Crippen LogP contribution in [0.25, 0.3) is 11.3 Å². The summed E-state index contributed by atoms with van der Waals surface area (Å²) in [5, 5.41) is 14.7. The van der Waals surface area contributed by atoms with Crippen molar-refractivity contribution in [3.8, 4) is 22.8 Å². The van der Waals surface area contributed by atoms with Gasteiger partial charge in [0.1, 0.15) is 23.4 Å². The first-order chi connectivity index (χ1) is 21.4. The third-order valence-electron chi connectivity index (χ3n) is 6.99. The molecule has 44 heavy (non-hydrogen) atoms. The highest BCUT2D eigenvalue weighted by Gasteiger charge is 2.22. The highest BCUT2D eigenvalue weighted by atomic mass is 32.1. The van der Waals surface area contributed by atoms with Gasteiger partial charge in [0.2, 0.25) is 0 Å². The van der Waals surface area contributed by atoms with E-state index in [0.717, 1.165) is 16.7 Å². The molecule has 2 N–H and O–H groups in total. The molecule has 0 bridgehead atoms. The van der Waals surface area contributed by atoms with E-state index in [9.17, 15) is 14.7 Å². The van der Waals surface area contributed by atoms with Gasteiger partial charge in [0.15, 0.2) is 5.13 Å². The first-order valence-corrected chi connectivity index (χ1v) is 14.6. The number of nitrogens with zero attached hydrogens (tertiary/aromatic N) is 2. The largest absolute Gasteiger partial charge is 0.497 e. The van der Waals surface area contributed by atoms with Crippen molar-refractivity contribution in [1.29, 1.82) is 0 Å². The fraction of sp³-hybridized carbons (Fsp3) is 0.147. The van der Waals surface area contributed by atoms with Gasteiger partial charge in [0.25, 0.3) is 5.91 Å². The molecule has 8 nitrogen and oxygen atoms in total. The minimum Gasteiger partial charge on any atom is -0.497 e. The zero-order valence-electron chi connectivity index (χ0n) is 24.1. The van der Waals surface area contributed by atoms with Crippen LogP contribution in [0, 0.1) is 5.82 Å². The van der Waals surface area contributed by atoms with E-state index >= 15 is 4.39 Å². The third-order valence-corrected chi connectivity index (χ3v) is 7.86. The fourth-order valence-electron chi connectivity index (χ4n) is 4.69. The summed E-state index contributed by atoms with van der Waals surface area (Å²) in [7, 11) is 3.17. The quantitative estimate of drug-likeness (QED) is 0.161. The number of benzene rings is 4. The predicted molar refractivity (Wildman–Crippen MR) is 168 cm³/mol. The van der Waals surface area contributed by atoms with Crippen LogP contribution in [0.5, 0.6) is 11.5 Å². The monoisotopic (exact) mass is 611 g/mol. The molecule has 5 rings (SSSR count). The number of carboxylic acid groups (broad SMARTS) is 1. The van der Waals surface area contributed by atoms with Crippen molar-refractivity contribution in [2.75, 3.05) is 19.1 Å². The minimum atomic E-state index is -1.12. The molecule has 5 aromatic rings. The molecule has 0 radical (unpaired) electrons. The topological polar surface area (TPSA) is 101 Å². The second-order valence-electron chi connectivity index (χ2n) is 9.87. The molecule has 0 spiro atoms. The lowest BCUT2D eigenvalue weighted by atomic mass is 10.1. The second kappa shape index (κ2) is 13.8. The van der Waals surface area contributed by atoms with Crippen LogP contribution in [0.3, 0.4) is 0 Å². The first-order valence-electron chi connectivity index (χ1n) is 13.7. The van der Waals surface area contributed by atoms with Crippen molar-refractivity contribution >= 4 is 34.0 Å². The van der Waals surface area contributed by atoms with Gasteiger partial charge < -0.3 is 24.8 Å². The van der Waals surface area contributed by atoms with Gasteiger partial charge in [0, 0.05) is 22.9 Å². The number of carbonyl (C=O) groups is 2. The van der Waals surface area contributed by atoms with E-state index in [0.29, 0.717) is 33.6 Å². The van der Waals surface area contributed by atoms with Crippen molar-refractivity contribution < 1.29 is 28.6 Å². The lowest BCUT2D eigenvalue weighted by molar-refractivity contribution is -0.139. The minimum absolute atomic E-state index is 0.162. The first kappa shape index (κ1) is 30.2. The van der Waals surface area contributed by atoms with Crippen LogP contribution >= 0.6 is 11.3 Å². The number of carbonyl (C=O) groups excluding carboxylic acids is 1. The van der Waals surface area contributed by atoms with Gasteiger partial charge in [-0.3, -0.25) is 4.79 Å². The molecule has 0 aliphatic heterocycles. The number of hydrogen-bond acceptors (Lipinski definition) is 7. The van der Waals surface area contributed by atoms with E-state index in [2.05, 4.69) is 5.32 Å². The maximum absolute atomic E-state index is 15.1. The lowest BCUT2D eigenvalue weighted by Crippen LogP contribution is -2.42. The lowest BCUT2D eigenvalue weighted by Gasteiger charge is -2.23. The number of nitrogens with one attached hydrogen (secondary N) is 1. The number of para-hydroxylation sites is 1. The number of rotatable bonds is 12. The van der Waals surface area contributed by atoms with E-state index in [4.69, 9.17) is 14.5 Å². The van der Waals surface area contributed by atoms with Crippen LogP contribution in [0.1, 0.15) is 21.5 Å². The SMILES string of the molecule is COc1ccc(OC)c(-c2csc(N(Cc3ccc(C(=O)NC(Cc4ccccc4)C(=O)O)cc3)c3ccccc3F)n2)c1. The maximum atomic E-state index is 15.1. The summed E-state index contributed by atoms with van der Waals surface area (Å²) in [5.41, 5.74) is 3.64. The van der Waals surface area contributed by atoms with Crippen LogP contribution in [0.15, 0.2) is 102 Å². The second-order valence-corrected chi connectivity index (χ2v) is 10.7. The molecule has 224 valence electrons. The molecular weight excluding hydrogens is 581 g/mol. The smallest absolute Gasteiger partial charge is 0.326 e. The summed E-state index contributed by atoms with van der Waals surface area (Å²) in [6.07, 6.45) is 0.162. The van der Waals surface area contributed by atoms with Gasteiger partial charge in [-0.1, -0.05) is 54.6 Å². The summed E-state index contributed by atoms with van der Waals surface area (Å²) < 4.78 is 26.0. The Morgan fingerprint density at radius 1 is 0.932 bits per heavy atom. The normalized spacial score (nSPS) is 11.4. The molecule has 1 aromatic heterocycles. The molecule has 1 amide bonds. The highest BCUT2D eigenvalue weighted by Crippen LogP contribution is 2.38. The van der Waals surface area contributed by atoms with Gasteiger partial charge >= 0.3 is 5.97 Å². The van der Waals surface area contributed by atoms with Gasteiger partial charge in [-0.2, -0.15) is 0 Å². The average molecular weight is 612 g/mol. The zero-order chi connectivity index (χ0) is 31.1. The number of carboxylic acids is 1. The van der Waals surface area contributed by atoms with Crippen LogP contribution in [-0.4, -0.2) is 42.2 Å². The number of halogens is 1. The van der Waals surface area contributed by atoms with E-state index in [1.807, 2.05) is 41.8 Å². The Morgan fingerprint density at radius 2 is 1.66 bits per heavy atom. The Bertz CT molecular complexity index is 1740. The van der Waals surface area contributed by atoms with E-state index in [1.54, 1.807) is 73.7 Å². The van der Waals surface area contributed by atoms with E-state index in [-0.39, 0.29) is 13.0 Å². The standard InChI is InChI=1S/C34H30FN3O5S/c1-42-25-16-17-31(43-2)26(19-25)29-21-44-34(37-29)38(30-11-7-6-10-27(30)35)20-23-12-14-24(15-13-23)32(39)36-28(33(40)41)18-22-8-4-3-5-9-22/h3-17,19,21,28H,18,20H2,1-2H3,(H,36,39)(H,40,41). The Kier molecular flexibility index (Phi) is 9.51. The van der Waals surface area contributed by atoms with Gasteiger partial charge in [0.05, 0.1) is 32.1 Å². The summed E-state index contributed by atoms with van der Waals surface area (Å²) >= 11 is 1.36.